The molecule has 2 aromatic rings. The fourth-order valence-corrected chi connectivity index (χ4v) is 6.08. The molecule has 0 unspecified atom stereocenters. The largest absolute Gasteiger partial charge is 0.395 e. The minimum Gasteiger partial charge on any atom is -0.395 e. The number of non-ortho nitro benzene ring substituents is 2. The van der Waals surface area contributed by atoms with Gasteiger partial charge in [-0.2, -0.15) is 8.61 Å². The van der Waals surface area contributed by atoms with Gasteiger partial charge in [-0.25, -0.2) is 16.8 Å². The van der Waals surface area contributed by atoms with Crippen LogP contribution in [0.25, 0.3) is 0 Å². The zero-order chi connectivity index (χ0) is 27.1. The van der Waals surface area contributed by atoms with Gasteiger partial charge in [0.2, 0.25) is 20.0 Å². The zero-order valence-electron chi connectivity index (χ0n) is 18.7. The lowest BCUT2D eigenvalue weighted by Crippen LogP contribution is -2.46. The number of rotatable bonds is 14. The second-order valence-electron chi connectivity index (χ2n) is 7.33. The van der Waals surface area contributed by atoms with Crippen molar-refractivity contribution >= 4 is 31.4 Å². The third-order valence-corrected chi connectivity index (χ3v) is 8.66. The van der Waals surface area contributed by atoms with Gasteiger partial charge in [-0.05, 0) is 24.3 Å². The van der Waals surface area contributed by atoms with Crippen molar-refractivity contribution in [1.82, 2.24) is 8.61 Å². The van der Waals surface area contributed by atoms with E-state index < -0.39 is 75.4 Å². The molecule has 0 saturated carbocycles. The summed E-state index contributed by atoms with van der Waals surface area (Å²) in [5.41, 5.74) is -0.697. The number of aliphatic hydroxyl groups excluding tert-OH is 3. The number of nitrogens with zero attached hydrogens (tertiary/aromatic N) is 4. The molecule has 36 heavy (non-hydrogen) atoms. The molecule has 0 bridgehead atoms. The van der Waals surface area contributed by atoms with Crippen LogP contribution in [-0.2, 0) is 20.0 Å². The summed E-state index contributed by atoms with van der Waals surface area (Å²) in [5.74, 6) is 0. The van der Waals surface area contributed by atoms with E-state index in [-0.39, 0.29) is 21.2 Å². The smallest absolute Gasteiger partial charge is 0.269 e. The van der Waals surface area contributed by atoms with Crippen molar-refractivity contribution < 1.29 is 42.0 Å². The Balaban J connectivity index is 2.26. The van der Waals surface area contributed by atoms with Crippen LogP contribution >= 0.6 is 0 Å². The highest BCUT2D eigenvalue weighted by Crippen LogP contribution is 2.22. The Morgan fingerprint density at radius 3 is 1.25 bits per heavy atom. The van der Waals surface area contributed by atoms with Crippen LogP contribution in [0, 0.1) is 20.2 Å². The lowest BCUT2D eigenvalue weighted by atomic mass is 10.3. The summed E-state index contributed by atoms with van der Waals surface area (Å²) in [6.45, 7) is -3.52. The van der Waals surface area contributed by atoms with E-state index in [1.807, 2.05) is 0 Å². The van der Waals surface area contributed by atoms with Gasteiger partial charge in [0.1, 0.15) is 0 Å². The molecule has 0 saturated heterocycles. The fraction of sp³-hybridized carbons (Fsp3) is 0.368. The third-order valence-electron chi connectivity index (χ3n) is 4.90. The minimum atomic E-state index is -4.34. The highest BCUT2D eigenvalue weighted by molar-refractivity contribution is 7.89. The van der Waals surface area contributed by atoms with Gasteiger partial charge in [0.25, 0.3) is 11.4 Å². The first kappa shape index (κ1) is 29.2. The van der Waals surface area contributed by atoms with Crippen LogP contribution in [0.4, 0.5) is 11.4 Å². The molecule has 0 heterocycles. The maximum atomic E-state index is 13.0. The Labute approximate surface area is 206 Å². The van der Waals surface area contributed by atoms with Crippen LogP contribution < -0.4 is 0 Å². The van der Waals surface area contributed by atoms with E-state index in [1.165, 1.54) is 0 Å². The summed E-state index contributed by atoms with van der Waals surface area (Å²) in [7, 11) is -8.68. The molecule has 0 amide bonds. The van der Waals surface area contributed by atoms with Gasteiger partial charge in [-0.3, -0.25) is 20.2 Å². The monoisotopic (exact) mass is 548 g/mol. The van der Waals surface area contributed by atoms with Crippen LogP contribution in [0.15, 0.2) is 58.3 Å². The molecule has 198 valence electrons. The van der Waals surface area contributed by atoms with Gasteiger partial charge < -0.3 is 15.3 Å². The van der Waals surface area contributed by atoms with Crippen molar-refractivity contribution in [3.63, 3.8) is 0 Å². The normalized spacial score (nSPS) is 12.4. The third kappa shape index (κ3) is 7.00. The molecular weight excluding hydrogens is 524 g/mol. The number of hydrogen-bond acceptors (Lipinski definition) is 11. The quantitative estimate of drug-likeness (QED) is 0.202. The van der Waals surface area contributed by atoms with Crippen molar-refractivity contribution in [3.05, 3.63) is 68.8 Å². The number of nitro groups is 2. The summed E-state index contributed by atoms with van der Waals surface area (Å²) in [5, 5.41) is 50.8. The molecule has 0 aliphatic heterocycles. The van der Waals surface area contributed by atoms with Crippen molar-refractivity contribution in [2.45, 2.75) is 15.9 Å². The Morgan fingerprint density at radius 1 is 0.694 bits per heavy atom. The predicted molar refractivity (Wildman–Crippen MR) is 124 cm³/mol. The molecule has 0 fully saturated rings. The first-order chi connectivity index (χ1) is 16.8. The van der Waals surface area contributed by atoms with E-state index in [4.69, 9.17) is 0 Å². The number of sulfonamides is 2. The number of aliphatic hydroxyl groups is 3. The molecule has 17 heteroatoms. The molecule has 2 rings (SSSR count). The molecule has 0 aliphatic rings. The van der Waals surface area contributed by atoms with Gasteiger partial charge in [0.05, 0.1) is 39.0 Å². The van der Waals surface area contributed by atoms with Crippen molar-refractivity contribution in [3.8, 4) is 0 Å². The number of nitro benzene ring substituents is 2. The number of hydrogen-bond donors (Lipinski definition) is 3. The molecule has 0 aliphatic carbocycles. The molecule has 15 nitrogen and oxygen atoms in total. The van der Waals surface area contributed by atoms with Crippen LogP contribution in [0.3, 0.4) is 0 Å². The zero-order valence-corrected chi connectivity index (χ0v) is 20.3. The van der Waals surface area contributed by atoms with Gasteiger partial charge in [-0.1, -0.05) is 0 Å². The summed E-state index contributed by atoms with van der Waals surface area (Å²) in [4.78, 5) is 19.5. The molecule has 0 radical (unpaired) electrons. The SMILES string of the molecule is O=[N+]([O-])c1ccc(S(=O)(=O)N(CCO)CC(O)CN(CCO)S(=O)(=O)c2ccc([N+](=O)[O-])cc2)cc1. The molecule has 3 N–H and O–H groups in total. The Morgan fingerprint density at radius 2 is 1.00 bits per heavy atom. The molecule has 0 spiro atoms. The Kier molecular flexibility index (Phi) is 9.93. The Bertz CT molecular complexity index is 1170. The molecule has 0 aromatic heterocycles. The second-order valence-corrected chi connectivity index (χ2v) is 11.2. The first-order valence-electron chi connectivity index (χ1n) is 10.2. The van der Waals surface area contributed by atoms with Gasteiger partial charge in [-0.15, -0.1) is 0 Å². The maximum absolute atomic E-state index is 13.0. The summed E-state index contributed by atoms with van der Waals surface area (Å²) < 4.78 is 53.2. The Hall–Kier alpha value is -3.06. The summed E-state index contributed by atoms with van der Waals surface area (Å²) in [6, 6.07) is 7.84. The minimum absolute atomic E-state index is 0.348. The van der Waals surface area contributed by atoms with E-state index in [0.717, 1.165) is 48.5 Å². The van der Waals surface area contributed by atoms with Crippen molar-refractivity contribution in [2.75, 3.05) is 39.4 Å². The van der Waals surface area contributed by atoms with E-state index in [1.54, 1.807) is 0 Å². The lowest BCUT2D eigenvalue weighted by Gasteiger charge is -2.28. The van der Waals surface area contributed by atoms with Crippen LogP contribution in [0.1, 0.15) is 0 Å². The molecule has 0 atom stereocenters. The summed E-state index contributed by atoms with van der Waals surface area (Å²) in [6.07, 6.45) is -1.62. The van der Waals surface area contributed by atoms with Crippen molar-refractivity contribution in [2.24, 2.45) is 0 Å². The van der Waals surface area contributed by atoms with E-state index in [0.29, 0.717) is 8.61 Å². The van der Waals surface area contributed by atoms with Gasteiger partial charge >= 0.3 is 0 Å². The standard InChI is InChI=1S/C19H24N4O11S2/c24-11-9-20(35(31,32)18-5-1-15(2-6-18)22(27)28)13-17(26)14-21(10-12-25)36(33,34)19-7-3-16(4-8-19)23(29)30/h1-8,17,24-26H,9-14H2. The average Bonchev–Trinajstić information content (AvgIpc) is 2.83. The highest BCUT2D eigenvalue weighted by atomic mass is 32.2. The fourth-order valence-electron chi connectivity index (χ4n) is 3.15. The molecular formula is C19H24N4O11S2. The average molecular weight is 549 g/mol. The number of benzene rings is 2. The second kappa shape index (κ2) is 12.3. The van der Waals surface area contributed by atoms with Crippen LogP contribution in [-0.4, -0.2) is 96.1 Å². The topological polar surface area (TPSA) is 222 Å². The van der Waals surface area contributed by atoms with E-state index >= 15 is 0 Å². The van der Waals surface area contributed by atoms with Crippen molar-refractivity contribution in [1.29, 1.82) is 0 Å². The maximum Gasteiger partial charge on any atom is 0.269 e. The highest BCUT2D eigenvalue weighted by Gasteiger charge is 2.31. The first-order valence-corrected chi connectivity index (χ1v) is 13.1. The van der Waals surface area contributed by atoms with Gasteiger partial charge in [0, 0.05) is 50.4 Å². The lowest BCUT2D eigenvalue weighted by molar-refractivity contribution is -0.385. The molecule has 2 aromatic carbocycles. The predicted octanol–water partition coefficient (Wildman–Crippen LogP) is -0.470. The van der Waals surface area contributed by atoms with E-state index in [9.17, 15) is 52.4 Å². The van der Waals surface area contributed by atoms with Crippen LogP contribution in [0.2, 0.25) is 0 Å². The van der Waals surface area contributed by atoms with Gasteiger partial charge in [0.15, 0.2) is 0 Å². The summed E-state index contributed by atoms with van der Waals surface area (Å²) >= 11 is 0. The van der Waals surface area contributed by atoms with E-state index in [2.05, 4.69) is 0 Å². The van der Waals surface area contributed by atoms with Crippen LogP contribution in [0.5, 0.6) is 0 Å².